The fourth-order valence-corrected chi connectivity index (χ4v) is 1.46. The minimum Gasteiger partial charge on any atom is -0.496 e. The Kier molecular flexibility index (Phi) is 3.89. The number of rotatable bonds is 4. The standard InChI is InChI=1S/C11H16FNO/c1-3-4-10(13)9-6-5-8(12)7-11(9)14-2/h5-7,10H,3-4,13H2,1-2H3/t10-/m1/s1. The van der Waals surface area contributed by atoms with Crippen molar-refractivity contribution in [2.75, 3.05) is 7.11 Å². The summed E-state index contributed by atoms with van der Waals surface area (Å²) in [5.41, 5.74) is 6.80. The zero-order valence-corrected chi connectivity index (χ0v) is 8.59. The number of hydrogen-bond donors (Lipinski definition) is 1. The molecule has 0 aliphatic carbocycles. The second-order valence-electron chi connectivity index (χ2n) is 3.28. The first-order valence-electron chi connectivity index (χ1n) is 4.78. The summed E-state index contributed by atoms with van der Waals surface area (Å²) in [6.07, 6.45) is 1.88. The van der Waals surface area contributed by atoms with Crippen LogP contribution < -0.4 is 10.5 Å². The van der Waals surface area contributed by atoms with Gasteiger partial charge in [-0.3, -0.25) is 0 Å². The predicted octanol–water partition coefficient (Wildman–Crippen LogP) is 2.63. The largest absolute Gasteiger partial charge is 0.496 e. The average molecular weight is 197 g/mol. The monoisotopic (exact) mass is 197 g/mol. The predicted molar refractivity (Wildman–Crippen MR) is 54.8 cm³/mol. The minimum atomic E-state index is -0.297. The second-order valence-corrected chi connectivity index (χ2v) is 3.28. The highest BCUT2D eigenvalue weighted by Crippen LogP contribution is 2.26. The Labute approximate surface area is 83.9 Å². The zero-order valence-electron chi connectivity index (χ0n) is 8.59. The molecule has 0 amide bonds. The third kappa shape index (κ3) is 2.45. The molecule has 0 saturated carbocycles. The number of methoxy groups -OCH3 is 1. The van der Waals surface area contributed by atoms with Gasteiger partial charge < -0.3 is 10.5 Å². The van der Waals surface area contributed by atoms with Crippen LogP contribution in [0.25, 0.3) is 0 Å². The first-order valence-corrected chi connectivity index (χ1v) is 4.78. The van der Waals surface area contributed by atoms with Crippen molar-refractivity contribution in [3.05, 3.63) is 29.6 Å². The van der Waals surface area contributed by atoms with Gasteiger partial charge >= 0.3 is 0 Å². The third-order valence-corrected chi connectivity index (χ3v) is 2.19. The molecule has 0 spiro atoms. The van der Waals surface area contributed by atoms with Gasteiger partial charge in [-0.25, -0.2) is 4.39 Å². The van der Waals surface area contributed by atoms with Crippen LogP contribution >= 0.6 is 0 Å². The van der Waals surface area contributed by atoms with Gasteiger partial charge in [0.1, 0.15) is 11.6 Å². The SMILES string of the molecule is CCC[C@@H](N)c1ccc(F)cc1OC. The molecule has 0 aliphatic rings. The summed E-state index contributed by atoms with van der Waals surface area (Å²) in [4.78, 5) is 0. The molecule has 0 heterocycles. The van der Waals surface area contributed by atoms with Crippen molar-refractivity contribution in [2.24, 2.45) is 5.73 Å². The molecule has 78 valence electrons. The van der Waals surface area contributed by atoms with E-state index in [1.165, 1.54) is 19.2 Å². The summed E-state index contributed by atoms with van der Waals surface area (Å²) in [7, 11) is 1.52. The van der Waals surface area contributed by atoms with Gasteiger partial charge in [-0.05, 0) is 12.5 Å². The van der Waals surface area contributed by atoms with E-state index in [0.717, 1.165) is 18.4 Å². The fraction of sp³-hybridized carbons (Fsp3) is 0.455. The van der Waals surface area contributed by atoms with Crippen molar-refractivity contribution in [1.29, 1.82) is 0 Å². The molecule has 0 unspecified atom stereocenters. The number of ether oxygens (including phenoxy) is 1. The molecule has 2 N–H and O–H groups in total. The summed E-state index contributed by atoms with van der Waals surface area (Å²) in [6.45, 7) is 2.07. The lowest BCUT2D eigenvalue weighted by Gasteiger charge is -2.14. The molecular formula is C11H16FNO. The van der Waals surface area contributed by atoms with Crippen LogP contribution in [0.1, 0.15) is 31.4 Å². The lowest BCUT2D eigenvalue weighted by atomic mass is 10.0. The van der Waals surface area contributed by atoms with Crippen LogP contribution in [0.4, 0.5) is 4.39 Å². The Balaban J connectivity index is 2.95. The number of halogens is 1. The van der Waals surface area contributed by atoms with E-state index in [1.807, 2.05) is 0 Å². The molecule has 1 aromatic carbocycles. The van der Waals surface area contributed by atoms with Gasteiger partial charge in [-0.15, -0.1) is 0 Å². The second kappa shape index (κ2) is 4.96. The highest BCUT2D eigenvalue weighted by Gasteiger charge is 2.11. The van der Waals surface area contributed by atoms with E-state index in [9.17, 15) is 4.39 Å². The number of hydrogen-bond acceptors (Lipinski definition) is 2. The molecule has 14 heavy (non-hydrogen) atoms. The molecule has 0 bridgehead atoms. The smallest absolute Gasteiger partial charge is 0.126 e. The van der Waals surface area contributed by atoms with Crippen LogP contribution in [0.2, 0.25) is 0 Å². The van der Waals surface area contributed by atoms with Crippen molar-refractivity contribution in [3.63, 3.8) is 0 Å². The van der Waals surface area contributed by atoms with E-state index in [-0.39, 0.29) is 11.9 Å². The lowest BCUT2D eigenvalue weighted by molar-refractivity contribution is 0.400. The molecule has 3 heteroatoms. The summed E-state index contributed by atoms with van der Waals surface area (Å²) in [6, 6.07) is 4.39. The van der Waals surface area contributed by atoms with E-state index in [2.05, 4.69) is 6.92 Å². The average Bonchev–Trinajstić information content (AvgIpc) is 2.17. The van der Waals surface area contributed by atoms with Gasteiger partial charge in [0.15, 0.2) is 0 Å². The number of benzene rings is 1. The summed E-state index contributed by atoms with van der Waals surface area (Å²) in [5, 5.41) is 0. The van der Waals surface area contributed by atoms with Crippen molar-refractivity contribution in [2.45, 2.75) is 25.8 Å². The van der Waals surface area contributed by atoms with E-state index in [4.69, 9.17) is 10.5 Å². The Hall–Kier alpha value is -1.09. The normalized spacial score (nSPS) is 12.6. The highest BCUT2D eigenvalue weighted by molar-refractivity contribution is 5.36. The van der Waals surface area contributed by atoms with E-state index in [1.54, 1.807) is 6.07 Å². The minimum absolute atomic E-state index is 0.0736. The molecule has 1 aromatic rings. The topological polar surface area (TPSA) is 35.2 Å². The summed E-state index contributed by atoms with van der Waals surface area (Å²) >= 11 is 0. The maximum Gasteiger partial charge on any atom is 0.126 e. The van der Waals surface area contributed by atoms with Crippen LogP contribution in [-0.4, -0.2) is 7.11 Å². The Bertz CT molecular complexity index is 301. The Morgan fingerprint density at radius 2 is 2.21 bits per heavy atom. The molecule has 1 rings (SSSR count). The van der Waals surface area contributed by atoms with Crippen LogP contribution in [0.15, 0.2) is 18.2 Å². The van der Waals surface area contributed by atoms with Gasteiger partial charge in [0.05, 0.1) is 7.11 Å². The van der Waals surface area contributed by atoms with Gasteiger partial charge in [0.2, 0.25) is 0 Å². The van der Waals surface area contributed by atoms with Crippen molar-refractivity contribution >= 4 is 0 Å². The zero-order chi connectivity index (χ0) is 10.6. The van der Waals surface area contributed by atoms with Crippen LogP contribution in [0.5, 0.6) is 5.75 Å². The molecule has 1 atom stereocenters. The van der Waals surface area contributed by atoms with E-state index < -0.39 is 0 Å². The van der Waals surface area contributed by atoms with Crippen molar-refractivity contribution in [3.8, 4) is 5.75 Å². The Morgan fingerprint density at radius 3 is 2.79 bits per heavy atom. The first kappa shape index (κ1) is 11.0. The van der Waals surface area contributed by atoms with Gasteiger partial charge in [0.25, 0.3) is 0 Å². The summed E-state index contributed by atoms with van der Waals surface area (Å²) in [5.74, 6) is 0.236. The molecule has 0 aromatic heterocycles. The maximum atomic E-state index is 12.9. The molecular weight excluding hydrogens is 181 g/mol. The third-order valence-electron chi connectivity index (χ3n) is 2.19. The van der Waals surface area contributed by atoms with Crippen molar-refractivity contribution in [1.82, 2.24) is 0 Å². The maximum absolute atomic E-state index is 12.9. The van der Waals surface area contributed by atoms with Crippen LogP contribution in [0, 0.1) is 5.82 Å². The van der Waals surface area contributed by atoms with Crippen LogP contribution in [0.3, 0.4) is 0 Å². The number of nitrogens with two attached hydrogens (primary N) is 1. The molecule has 0 radical (unpaired) electrons. The summed E-state index contributed by atoms with van der Waals surface area (Å²) < 4.78 is 17.9. The van der Waals surface area contributed by atoms with Gasteiger partial charge in [-0.1, -0.05) is 19.4 Å². The van der Waals surface area contributed by atoms with Gasteiger partial charge in [0, 0.05) is 17.7 Å². The lowest BCUT2D eigenvalue weighted by Crippen LogP contribution is -2.11. The fourth-order valence-electron chi connectivity index (χ4n) is 1.46. The first-order chi connectivity index (χ1) is 6.69. The Morgan fingerprint density at radius 1 is 1.50 bits per heavy atom. The van der Waals surface area contributed by atoms with Crippen LogP contribution in [-0.2, 0) is 0 Å². The molecule has 0 saturated heterocycles. The van der Waals surface area contributed by atoms with Crippen molar-refractivity contribution < 1.29 is 9.13 Å². The van der Waals surface area contributed by atoms with E-state index >= 15 is 0 Å². The highest BCUT2D eigenvalue weighted by atomic mass is 19.1. The quantitative estimate of drug-likeness (QED) is 0.805. The molecule has 0 fully saturated rings. The molecule has 0 aliphatic heterocycles. The van der Waals surface area contributed by atoms with E-state index in [0.29, 0.717) is 5.75 Å². The van der Waals surface area contributed by atoms with Gasteiger partial charge in [-0.2, -0.15) is 0 Å². The molecule has 2 nitrogen and oxygen atoms in total.